The highest BCUT2D eigenvalue weighted by Gasteiger charge is 2.41. The smallest absolute Gasteiger partial charge is 0.338 e. The lowest BCUT2D eigenvalue weighted by atomic mass is 9.83. The van der Waals surface area contributed by atoms with Crippen LogP contribution in [-0.4, -0.2) is 37.8 Å². The minimum absolute atomic E-state index is 0.0815. The van der Waals surface area contributed by atoms with Crippen LogP contribution in [0.15, 0.2) is 24.3 Å². The van der Waals surface area contributed by atoms with E-state index in [2.05, 4.69) is 7.05 Å². The average Bonchev–Trinajstić information content (AvgIpc) is 2.49. The van der Waals surface area contributed by atoms with E-state index in [4.69, 9.17) is 9.47 Å². The maximum absolute atomic E-state index is 12.3. The molecule has 0 spiro atoms. The number of carbonyl (C=O) groups excluding carboxylic acids is 1. The maximum atomic E-state index is 12.3. The molecule has 2 aliphatic heterocycles. The van der Waals surface area contributed by atoms with Crippen LogP contribution in [0.1, 0.15) is 49.4 Å². The first-order valence-corrected chi connectivity index (χ1v) is 8.44. The van der Waals surface area contributed by atoms with Crippen molar-refractivity contribution in [3.8, 4) is 5.75 Å². The normalized spacial score (nSPS) is 30.6. The van der Waals surface area contributed by atoms with Gasteiger partial charge in [-0.2, -0.15) is 0 Å². The van der Waals surface area contributed by atoms with Gasteiger partial charge in [0.25, 0.3) is 0 Å². The van der Waals surface area contributed by atoms with Gasteiger partial charge >= 0.3 is 5.97 Å². The van der Waals surface area contributed by atoms with Crippen molar-refractivity contribution in [3.63, 3.8) is 0 Å². The topological polar surface area (TPSA) is 40.0 Å². The van der Waals surface area contributed by atoms with E-state index < -0.39 is 0 Å². The summed E-state index contributed by atoms with van der Waals surface area (Å²) in [6.45, 7) is 2.58. The Morgan fingerprint density at radius 3 is 2.41 bits per heavy atom. The van der Waals surface area contributed by atoms with Crippen molar-refractivity contribution in [2.24, 2.45) is 0 Å². The molecule has 3 rings (SSSR count). The first-order chi connectivity index (χ1) is 10.7. The predicted octanol–water partition coefficient (Wildman–Crippen LogP) is 1.84. The molecule has 2 atom stereocenters. The van der Waals surface area contributed by atoms with Gasteiger partial charge in [0.1, 0.15) is 11.9 Å². The summed E-state index contributed by atoms with van der Waals surface area (Å²) in [6.07, 6.45) is 5.94. The molecule has 120 valence electrons. The molecule has 1 N–H and O–H groups in total. The van der Waals surface area contributed by atoms with Crippen molar-refractivity contribution >= 4 is 5.97 Å². The van der Waals surface area contributed by atoms with Gasteiger partial charge in [-0.05, 0) is 50.5 Å². The van der Waals surface area contributed by atoms with Gasteiger partial charge in [0, 0.05) is 12.8 Å². The number of benzene rings is 1. The molecule has 0 aromatic heterocycles. The first-order valence-electron chi connectivity index (χ1n) is 8.44. The Bertz CT molecular complexity index is 500. The Hall–Kier alpha value is -1.55. The van der Waals surface area contributed by atoms with Gasteiger partial charge in [0.05, 0.1) is 31.3 Å². The van der Waals surface area contributed by atoms with Crippen LogP contribution in [0, 0.1) is 0 Å². The molecule has 1 aromatic rings. The Balaban J connectivity index is 1.59. The second-order valence-corrected chi connectivity index (χ2v) is 6.52. The summed E-state index contributed by atoms with van der Waals surface area (Å²) in [4.78, 5) is 14.0. The number of quaternary nitrogens is 1. The number of rotatable bonds is 4. The fraction of sp³-hybridized carbons (Fsp3) is 0.611. The quantitative estimate of drug-likeness (QED) is 0.863. The van der Waals surface area contributed by atoms with Gasteiger partial charge in [0.2, 0.25) is 0 Å². The molecule has 0 saturated carbocycles. The van der Waals surface area contributed by atoms with Crippen molar-refractivity contribution in [1.82, 2.24) is 0 Å². The third-order valence-corrected chi connectivity index (χ3v) is 5.16. The van der Waals surface area contributed by atoms with E-state index in [-0.39, 0.29) is 12.1 Å². The second-order valence-electron chi connectivity index (χ2n) is 6.52. The average molecular weight is 304 g/mol. The standard InChI is InChI=1S/C18H25NO3/c1-3-21-16-9-7-13(8-10-16)18(20)22-17-11-14-5-4-6-15(12-17)19(14)2/h7-10,14-15,17H,3-6,11-12H2,1-2H3/p+1/t14-,15-/m0/s1. The van der Waals surface area contributed by atoms with Gasteiger partial charge < -0.3 is 14.4 Å². The Labute approximate surface area is 132 Å². The molecule has 2 aliphatic rings. The molecular weight excluding hydrogens is 278 g/mol. The molecule has 0 aliphatic carbocycles. The first kappa shape index (κ1) is 15.3. The van der Waals surface area contributed by atoms with Crippen LogP contribution in [0.4, 0.5) is 0 Å². The summed E-state index contributed by atoms with van der Waals surface area (Å²) in [5, 5.41) is 0. The highest BCUT2D eigenvalue weighted by atomic mass is 16.5. The number of hydrogen-bond acceptors (Lipinski definition) is 3. The molecule has 2 heterocycles. The third-order valence-electron chi connectivity index (χ3n) is 5.16. The van der Waals surface area contributed by atoms with E-state index in [9.17, 15) is 4.79 Å². The molecule has 0 amide bonds. The van der Waals surface area contributed by atoms with Crippen molar-refractivity contribution < 1.29 is 19.2 Å². The number of piperidine rings is 2. The lowest BCUT2D eigenvalue weighted by molar-refractivity contribution is -0.943. The van der Waals surface area contributed by atoms with E-state index in [1.807, 2.05) is 19.1 Å². The molecule has 2 fully saturated rings. The molecule has 2 saturated heterocycles. The van der Waals surface area contributed by atoms with E-state index in [1.54, 1.807) is 17.0 Å². The summed E-state index contributed by atoms with van der Waals surface area (Å²) in [5.74, 6) is 0.585. The number of esters is 1. The number of carbonyl (C=O) groups is 1. The van der Waals surface area contributed by atoms with Crippen LogP contribution >= 0.6 is 0 Å². The van der Waals surface area contributed by atoms with Crippen molar-refractivity contribution in [2.45, 2.75) is 57.2 Å². The van der Waals surface area contributed by atoms with E-state index in [1.165, 1.54) is 19.3 Å². The molecule has 0 unspecified atom stereocenters. The molecular formula is C18H26NO3+. The molecule has 22 heavy (non-hydrogen) atoms. The third kappa shape index (κ3) is 3.27. The summed E-state index contributed by atoms with van der Waals surface area (Å²) >= 11 is 0. The van der Waals surface area contributed by atoms with Crippen LogP contribution in [0.2, 0.25) is 0 Å². The minimum Gasteiger partial charge on any atom is -0.494 e. The van der Waals surface area contributed by atoms with Crippen LogP contribution in [0.25, 0.3) is 0 Å². The largest absolute Gasteiger partial charge is 0.494 e. The molecule has 4 nitrogen and oxygen atoms in total. The van der Waals surface area contributed by atoms with Crippen LogP contribution in [-0.2, 0) is 4.74 Å². The molecule has 2 bridgehead atoms. The van der Waals surface area contributed by atoms with Crippen LogP contribution < -0.4 is 9.64 Å². The van der Waals surface area contributed by atoms with Gasteiger partial charge in [-0.1, -0.05) is 0 Å². The maximum Gasteiger partial charge on any atom is 0.338 e. The van der Waals surface area contributed by atoms with E-state index >= 15 is 0 Å². The minimum atomic E-state index is -0.203. The summed E-state index contributed by atoms with van der Waals surface area (Å²) in [5.41, 5.74) is 0.611. The van der Waals surface area contributed by atoms with Crippen molar-refractivity contribution in [2.75, 3.05) is 13.7 Å². The SMILES string of the molecule is CCOc1ccc(C(=O)OC2C[C@@H]3CCC[C@@H](C2)[NH+]3C)cc1. The fourth-order valence-corrected chi connectivity index (χ4v) is 3.91. The predicted molar refractivity (Wildman–Crippen MR) is 84.4 cm³/mol. The second kappa shape index (κ2) is 6.69. The Morgan fingerprint density at radius 1 is 1.18 bits per heavy atom. The molecule has 1 aromatic carbocycles. The Kier molecular flexibility index (Phi) is 4.67. The zero-order chi connectivity index (χ0) is 15.5. The fourth-order valence-electron chi connectivity index (χ4n) is 3.91. The van der Waals surface area contributed by atoms with E-state index in [0.717, 1.165) is 18.6 Å². The number of fused-ring (bicyclic) bond motifs is 2. The Morgan fingerprint density at radius 2 is 1.82 bits per heavy atom. The summed E-state index contributed by atoms with van der Waals surface area (Å²) in [6, 6.07) is 8.54. The lowest BCUT2D eigenvalue weighted by Gasteiger charge is -2.43. The van der Waals surface area contributed by atoms with Gasteiger partial charge in [-0.25, -0.2) is 4.79 Å². The number of nitrogens with one attached hydrogen (secondary N) is 1. The van der Waals surface area contributed by atoms with Crippen molar-refractivity contribution in [3.05, 3.63) is 29.8 Å². The van der Waals surface area contributed by atoms with Crippen LogP contribution in [0.5, 0.6) is 5.75 Å². The van der Waals surface area contributed by atoms with Gasteiger partial charge in [-0.15, -0.1) is 0 Å². The molecule has 0 radical (unpaired) electrons. The van der Waals surface area contributed by atoms with Crippen molar-refractivity contribution in [1.29, 1.82) is 0 Å². The zero-order valence-electron chi connectivity index (χ0n) is 13.5. The van der Waals surface area contributed by atoms with Crippen LogP contribution in [0.3, 0.4) is 0 Å². The summed E-state index contributed by atoms with van der Waals surface area (Å²) < 4.78 is 11.2. The lowest BCUT2D eigenvalue weighted by Crippen LogP contribution is -3.18. The monoisotopic (exact) mass is 304 g/mol. The van der Waals surface area contributed by atoms with E-state index in [0.29, 0.717) is 24.3 Å². The highest BCUT2D eigenvalue weighted by Crippen LogP contribution is 2.24. The van der Waals surface area contributed by atoms with Gasteiger partial charge in [0.15, 0.2) is 0 Å². The highest BCUT2D eigenvalue weighted by molar-refractivity contribution is 5.89. The number of hydrogen-bond donors (Lipinski definition) is 1. The number of ether oxygens (including phenoxy) is 2. The summed E-state index contributed by atoms with van der Waals surface area (Å²) in [7, 11) is 2.29. The zero-order valence-corrected chi connectivity index (χ0v) is 13.5. The van der Waals surface area contributed by atoms with Gasteiger partial charge in [-0.3, -0.25) is 0 Å². The molecule has 4 heteroatoms.